The number of benzene rings is 1. The standard InChI is InChI=1S/C19H28N2O2.CH2O2/c22-18-19(10-6-12-20-18)11-7-14-21(19)13-4-5-15-23-16-17-8-2-1-3-9-17;2-1-3/h1-3,8-9H,4-7,10-16H2,(H,20,22);1H,(H,2,3). The van der Waals surface area contributed by atoms with Crippen LogP contribution in [0.3, 0.4) is 0 Å². The van der Waals surface area contributed by atoms with E-state index in [1.807, 2.05) is 18.2 Å². The molecule has 0 radical (unpaired) electrons. The van der Waals surface area contributed by atoms with E-state index in [1.54, 1.807) is 0 Å². The van der Waals surface area contributed by atoms with Gasteiger partial charge in [-0.3, -0.25) is 14.5 Å². The second kappa shape index (κ2) is 10.9. The molecule has 1 aromatic carbocycles. The summed E-state index contributed by atoms with van der Waals surface area (Å²) in [7, 11) is 0. The number of nitrogens with one attached hydrogen (secondary N) is 1. The topological polar surface area (TPSA) is 78.9 Å². The minimum absolute atomic E-state index is 0.191. The lowest BCUT2D eigenvalue weighted by Gasteiger charge is -2.40. The van der Waals surface area contributed by atoms with E-state index in [0.29, 0.717) is 6.61 Å². The zero-order valence-corrected chi connectivity index (χ0v) is 15.4. The van der Waals surface area contributed by atoms with Crippen LogP contribution in [0.5, 0.6) is 0 Å². The third kappa shape index (κ3) is 5.54. The number of carboxylic acid groups (broad SMARTS) is 1. The average molecular weight is 362 g/mol. The summed E-state index contributed by atoms with van der Waals surface area (Å²) in [6.07, 6.45) is 6.48. The molecule has 1 amide bonds. The molecule has 2 aliphatic heterocycles. The summed E-state index contributed by atoms with van der Waals surface area (Å²) < 4.78 is 5.74. The maximum Gasteiger partial charge on any atom is 0.290 e. The minimum Gasteiger partial charge on any atom is -0.483 e. The van der Waals surface area contributed by atoms with Crippen molar-refractivity contribution in [2.75, 3.05) is 26.2 Å². The fourth-order valence-electron chi connectivity index (χ4n) is 3.93. The van der Waals surface area contributed by atoms with Gasteiger partial charge in [0.1, 0.15) is 5.54 Å². The molecule has 2 N–H and O–H groups in total. The molecule has 2 heterocycles. The van der Waals surface area contributed by atoms with Crippen LogP contribution in [0.4, 0.5) is 0 Å². The first kappa shape index (κ1) is 20.4. The van der Waals surface area contributed by atoms with E-state index in [0.717, 1.165) is 64.8 Å². The normalized spacial score (nSPS) is 22.5. The lowest BCUT2D eigenvalue weighted by Crippen LogP contribution is -2.58. The largest absolute Gasteiger partial charge is 0.483 e. The molecule has 3 rings (SSSR count). The van der Waals surface area contributed by atoms with Crippen molar-refractivity contribution in [1.29, 1.82) is 0 Å². The van der Waals surface area contributed by atoms with Crippen LogP contribution in [0.25, 0.3) is 0 Å². The van der Waals surface area contributed by atoms with Gasteiger partial charge in [-0.25, -0.2) is 0 Å². The molecule has 0 aliphatic carbocycles. The summed E-state index contributed by atoms with van der Waals surface area (Å²) in [5.74, 6) is 0.265. The molecule has 1 spiro atoms. The van der Waals surface area contributed by atoms with Gasteiger partial charge in [0.25, 0.3) is 6.47 Å². The Balaban J connectivity index is 0.000000758. The lowest BCUT2D eigenvalue weighted by atomic mass is 9.86. The van der Waals surface area contributed by atoms with Crippen molar-refractivity contribution in [3.05, 3.63) is 35.9 Å². The maximum atomic E-state index is 12.3. The van der Waals surface area contributed by atoms with Gasteiger partial charge in [-0.15, -0.1) is 0 Å². The first-order chi connectivity index (χ1) is 12.7. The quantitative estimate of drug-likeness (QED) is 0.575. The average Bonchev–Trinajstić information content (AvgIpc) is 3.05. The molecule has 2 fully saturated rings. The summed E-state index contributed by atoms with van der Waals surface area (Å²) in [4.78, 5) is 23.1. The highest BCUT2D eigenvalue weighted by Crippen LogP contribution is 2.35. The highest BCUT2D eigenvalue weighted by atomic mass is 16.5. The fraction of sp³-hybridized carbons (Fsp3) is 0.600. The number of carbonyl (C=O) groups excluding carboxylic acids is 1. The first-order valence-electron chi connectivity index (χ1n) is 9.46. The molecule has 0 saturated carbocycles. The Labute approximate surface area is 155 Å². The molecule has 2 aliphatic rings. The molecule has 0 aromatic heterocycles. The fourth-order valence-corrected chi connectivity index (χ4v) is 3.93. The van der Waals surface area contributed by atoms with Crippen molar-refractivity contribution < 1.29 is 19.4 Å². The van der Waals surface area contributed by atoms with Crippen LogP contribution in [0.2, 0.25) is 0 Å². The Morgan fingerprint density at radius 1 is 1.19 bits per heavy atom. The molecular formula is C20H30N2O4. The summed E-state index contributed by atoms with van der Waals surface area (Å²) in [6, 6.07) is 10.3. The van der Waals surface area contributed by atoms with Gasteiger partial charge in [0.15, 0.2) is 0 Å². The van der Waals surface area contributed by atoms with Crippen molar-refractivity contribution in [2.24, 2.45) is 0 Å². The second-order valence-corrected chi connectivity index (χ2v) is 6.83. The van der Waals surface area contributed by atoms with Crippen LogP contribution in [-0.2, 0) is 20.9 Å². The number of carbonyl (C=O) groups is 2. The van der Waals surface area contributed by atoms with Gasteiger partial charge in [-0.2, -0.15) is 0 Å². The Kier molecular flexibility index (Phi) is 8.58. The van der Waals surface area contributed by atoms with E-state index in [-0.39, 0.29) is 17.9 Å². The number of amides is 1. The molecular weight excluding hydrogens is 332 g/mol. The van der Waals surface area contributed by atoms with Crippen LogP contribution < -0.4 is 5.32 Å². The van der Waals surface area contributed by atoms with Crippen LogP contribution in [0, 0.1) is 0 Å². The number of ether oxygens (including phenoxy) is 1. The molecule has 0 bridgehead atoms. The van der Waals surface area contributed by atoms with E-state index < -0.39 is 0 Å². The molecule has 6 nitrogen and oxygen atoms in total. The summed E-state index contributed by atoms with van der Waals surface area (Å²) in [5, 5.41) is 9.96. The molecule has 2 saturated heterocycles. The van der Waals surface area contributed by atoms with Crippen molar-refractivity contribution in [3.63, 3.8) is 0 Å². The molecule has 1 atom stereocenters. The Hall–Kier alpha value is -1.92. The predicted octanol–water partition coefficient (Wildman–Crippen LogP) is 2.43. The molecule has 1 unspecified atom stereocenters. The lowest BCUT2D eigenvalue weighted by molar-refractivity contribution is -0.134. The van der Waals surface area contributed by atoms with Crippen molar-refractivity contribution in [2.45, 2.75) is 50.7 Å². The summed E-state index contributed by atoms with van der Waals surface area (Å²) >= 11 is 0. The highest BCUT2D eigenvalue weighted by Gasteiger charge is 2.47. The van der Waals surface area contributed by atoms with E-state index >= 15 is 0 Å². The van der Waals surface area contributed by atoms with Crippen molar-refractivity contribution in [1.82, 2.24) is 10.2 Å². The van der Waals surface area contributed by atoms with Gasteiger partial charge in [0.05, 0.1) is 6.61 Å². The predicted molar refractivity (Wildman–Crippen MR) is 99.8 cm³/mol. The SMILES string of the molecule is O=C1NCCCC12CCCN2CCCCOCc1ccccc1.O=CO. The third-order valence-corrected chi connectivity index (χ3v) is 5.18. The van der Waals surface area contributed by atoms with Crippen molar-refractivity contribution in [3.8, 4) is 0 Å². The van der Waals surface area contributed by atoms with Gasteiger partial charge in [-0.1, -0.05) is 30.3 Å². The van der Waals surface area contributed by atoms with Crippen LogP contribution in [0.1, 0.15) is 44.1 Å². The molecule has 6 heteroatoms. The zero-order valence-electron chi connectivity index (χ0n) is 15.4. The van der Waals surface area contributed by atoms with Crippen LogP contribution >= 0.6 is 0 Å². The number of nitrogens with zero attached hydrogens (tertiary/aromatic N) is 1. The summed E-state index contributed by atoms with van der Waals surface area (Å²) in [5.41, 5.74) is 1.04. The number of rotatable bonds is 7. The smallest absolute Gasteiger partial charge is 0.290 e. The van der Waals surface area contributed by atoms with E-state index in [1.165, 1.54) is 5.56 Å². The second-order valence-electron chi connectivity index (χ2n) is 6.83. The molecule has 1 aromatic rings. The molecule has 26 heavy (non-hydrogen) atoms. The minimum atomic E-state index is -0.250. The van der Waals surface area contributed by atoms with E-state index in [9.17, 15) is 4.79 Å². The number of hydrogen-bond donors (Lipinski definition) is 2. The Morgan fingerprint density at radius 3 is 2.65 bits per heavy atom. The summed E-state index contributed by atoms with van der Waals surface area (Å²) in [6.45, 7) is 4.17. The van der Waals surface area contributed by atoms with E-state index in [2.05, 4.69) is 22.3 Å². The number of likely N-dealkylation sites (tertiary alicyclic amines) is 1. The van der Waals surface area contributed by atoms with Gasteiger partial charge in [0, 0.05) is 13.2 Å². The maximum absolute atomic E-state index is 12.3. The highest BCUT2D eigenvalue weighted by molar-refractivity contribution is 5.87. The Morgan fingerprint density at radius 2 is 1.92 bits per heavy atom. The van der Waals surface area contributed by atoms with Gasteiger partial charge in [-0.05, 0) is 57.2 Å². The first-order valence-corrected chi connectivity index (χ1v) is 9.46. The Bertz CT molecular complexity index is 552. The van der Waals surface area contributed by atoms with Crippen molar-refractivity contribution >= 4 is 12.4 Å². The number of unbranched alkanes of at least 4 members (excludes halogenated alkanes) is 1. The van der Waals surface area contributed by atoms with Crippen LogP contribution in [0.15, 0.2) is 30.3 Å². The van der Waals surface area contributed by atoms with Gasteiger partial charge < -0.3 is 15.2 Å². The van der Waals surface area contributed by atoms with Gasteiger partial charge in [0.2, 0.25) is 5.91 Å². The zero-order chi connectivity index (χ0) is 18.7. The molecule has 144 valence electrons. The third-order valence-electron chi connectivity index (χ3n) is 5.18. The number of hydrogen-bond acceptors (Lipinski definition) is 4. The van der Waals surface area contributed by atoms with Crippen LogP contribution in [-0.4, -0.2) is 54.2 Å². The number of piperidine rings is 1. The monoisotopic (exact) mass is 362 g/mol. The van der Waals surface area contributed by atoms with E-state index in [4.69, 9.17) is 14.6 Å². The van der Waals surface area contributed by atoms with Gasteiger partial charge >= 0.3 is 0 Å².